The van der Waals surface area contributed by atoms with Gasteiger partial charge in [-0.3, -0.25) is 0 Å². The number of nitrogens with one attached hydrogen (secondary N) is 1. The minimum Gasteiger partial charge on any atom is -0.392 e. The summed E-state index contributed by atoms with van der Waals surface area (Å²) >= 11 is 1.76. The lowest BCUT2D eigenvalue weighted by atomic mass is 10.1. The highest BCUT2D eigenvalue weighted by atomic mass is 35.5. The van der Waals surface area contributed by atoms with Crippen LogP contribution in [0.25, 0.3) is 0 Å². The van der Waals surface area contributed by atoms with Crippen LogP contribution < -0.4 is 5.32 Å². The molecule has 92 valence electrons. The Morgan fingerprint density at radius 3 is 2.59 bits per heavy atom. The smallest absolute Gasteiger partial charge is 0.0681 e. The van der Waals surface area contributed by atoms with Gasteiger partial charge >= 0.3 is 0 Å². The normalized spacial score (nSPS) is 9.94. The average Bonchev–Trinajstić information content (AvgIpc) is 2.82. The fourth-order valence-corrected chi connectivity index (χ4v) is 2.26. The van der Waals surface area contributed by atoms with E-state index in [0.29, 0.717) is 0 Å². The third-order valence-corrected chi connectivity index (χ3v) is 3.26. The first-order chi connectivity index (χ1) is 7.88. The zero-order chi connectivity index (χ0) is 11.2. The molecule has 2 nitrogen and oxygen atoms in total. The van der Waals surface area contributed by atoms with Gasteiger partial charge in [0.1, 0.15) is 0 Å². The van der Waals surface area contributed by atoms with Gasteiger partial charge < -0.3 is 10.4 Å². The van der Waals surface area contributed by atoms with Crippen molar-refractivity contribution in [2.45, 2.75) is 19.7 Å². The molecule has 1 aromatic heterocycles. The van der Waals surface area contributed by atoms with Crippen LogP contribution in [0.5, 0.6) is 0 Å². The number of hydrogen-bond donors (Lipinski definition) is 2. The summed E-state index contributed by atoms with van der Waals surface area (Å²) in [5, 5.41) is 14.5. The van der Waals surface area contributed by atoms with Gasteiger partial charge in [-0.15, -0.1) is 23.7 Å². The molecular formula is C13H16ClNOS. The molecule has 0 amide bonds. The van der Waals surface area contributed by atoms with Gasteiger partial charge in [0.25, 0.3) is 0 Å². The summed E-state index contributed by atoms with van der Waals surface area (Å²) in [6.45, 7) is 1.85. The third-order valence-electron chi connectivity index (χ3n) is 2.38. The molecule has 0 aliphatic carbocycles. The van der Waals surface area contributed by atoms with Crippen molar-refractivity contribution in [3.05, 3.63) is 57.8 Å². The highest BCUT2D eigenvalue weighted by molar-refractivity contribution is 7.09. The predicted octanol–water partition coefficient (Wildman–Crippen LogP) is 2.95. The van der Waals surface area contributed by atoms with E-state index in [1.54, 1.807) is 11.3 Å². The number of hydrogen-bond acceptors (Lipinski definition) is 3. The van der Waals surface area contributed by atoms with Crippen molar-refractivity contribution >= 4 is 23.7 Å². The molecule has 0 atom stereocenters. The molecule has 0 radical (unpaired) electrons. The molecule has 0 unspecified atom stereocenters. The highest BCUT2D eigenvalue weighted by Gasteiger charge is 1.96. The number of aliphatic hydroxyl groups excluding tert-OH is 1. The SMILES string of the molecule is Cl.OCc1cccc(CNCc2cccs2)c1. The molecule has 2 N–H and O–H groups in total. The summed E-state index contributed by atoms with van der Waals surface area (Å²) in [6.07, 6.45) is 0. The van der Waals surface area contributed by atoms with Crippen molar-refractivity contribution in [2.75, 3.05) is 0 Å². The molecule has 17 heavy (non-hydrogen) atoms. The Hall–Kier alpha value is -0.870. The van der Waals surface area contributed by atoms with Crippen molar-refractivity contribution in [1.82, 2.24) is 5.32 Å². The fraction of sp³-hybridized carbons (Fsp3) is 0.231. The van der Waals surface area contributed by atoms with E-state index in [9.17, 15) is 0 Å². The van der Waals surface area contributed by atoms with Gasteiger partial charge in [0.05, 0.1) is 6.61 Å². The molecule has 0 saturated carbocycles. The first kappa shape index (κ1) is 14.2. The van der Waals surface area contributed by atoms with E-state index in [1.165, 1.54) is 10.4 Å². The second-order valence-electron chi connectivity index (χ2n) is 3.66. The van der Waals surface area contributed by atoms with Crippen molar-refractivity contribution in [1.29, 1.82) is 0 Å². The molecule has 0 fully saturated rings. The van der Waals surface area contributed by atoms with Crippen LogP contribution in [0, 0.1) is 0 Å². The fourth-order valence-electron chi connectivity index (χ4n) is 1.58. The number of aliphatic hydroxyl groups is 1. The van der Waals surface area contributed by atoms with Gasteiger partial charge in [0, 0.05) is 18.0 Å². The van der Waals surface area contributed by atoms with E-state index in [0.717, 1.165) is 18.7 Å². The molecule has 0 saturated heterocycles. The van der Waals surface area contributed by atoms with Crippen LogP contribution in [0.1, 0.15) is 16.0 Å². The summed E-state index contributed by atoms with van der Waals surface area (Å²) < 4.78 is 0. The van der Waals surface area contributed by atoms with E-state index in [4.69, 9.17) is 5.11 Å². The first-order valence-electron chi connectivity index (χ1n) is 5.30. The van der Waals surface area contributed by atoms with E-state index < -0.39 is 0 Å². The van der Waals surface area contributed by atoms with Gasteiger partial charge in [-0.05, 0) is 22.6 Å². The van der Waals surface area contributed by atoms with E-state index in [2.05, 4.69) is 28.9 Å². The molecule has 1 heterocycles. The number of rotatable bonds is 5. The van der Waals surface area contributed by atoms with Crippen LogP contribution in [0.4, 0.5) is 0 Å². The monoisotopic (exact) mass is 269 g/mol. The maximum Gasteiger partial charge on any atom is 0.0681 e. The maximum atomic E-state index is 9.02. The summed E-state index contributed by atoms with van der Waals surface area (Å²) in [7, 11) is 0. The maximum absolute atomic E-state index is 9.02. The number of thiophene rings is 1. The molecule has 0 spiro atoms. The van der Waals surface area contributed by atoms with Crippen LogP contribution in [0.15, 0.2) is 41.8 Å². The Kier molecular flexibility index (Phi) is 6.22. The van der Waals surface area contributed by atoms with E-state index in [-0.39, 0.29) is 19.0 Å². The molecule has 0 bridgehead atoms. The molecule has 0 aliphatic rings. The van der Waals surface area contributed by atoms with Crippen LogP contribution in [-0.4, -0.2) is 5.11 Å². The van der Waals surface area contributed by atoms with Crippen molar-refractivity contribution in [2.24, 2.45) is 0 Å². The lowest BCUT2D eigenvalue weighted by Crippen LogP contribution is -2.11. The summed E-state index contributed by atoms with van der Waals surface area (Å²) in [5.74, 6) is 0. The molecular weight excluding hydrogens is 254 g/mol. The Bertz CT molecular complexity index is 431. The summed E-state index contributed by atoms with van der Waals surface area (Å²) in [5.41, 5.74) is 2.18. The van der Waals surface area contributed by atoms with Gasteiger partial charge in [-0.2, -0.15) is 0 Å². The van der Waals surface area contributed by atoms with Gasteiger partial charge in [0.2, 0.25) is 0 Å². The summed E-state index contributed by atoms with van der Waals surface area (Å²) in [4.78, 5) is 1.35. The lowest BCUT2D eigenvalue weighted by Gasteiger charge is -2.05. The van der Waals surface area contributed by atoms with Crippen LogP contribution in [-0.2, 0) is 19.7 Å². The van der Waals surface area contributed by atoms with Crippen LogP contribution >= 0.6 is 23.7 Å². The zero-order valence-corrected chi connectivity index (χ0v) is 11.1. The van der Waals surface area contributed by atoms with Crippen LogP contribution in [0.2, 0.25) is 0 Å². The van der Waals surface area contributed by atoms with Gasteiger partial charge in [-0.25, -0.2) is 0 Å². The topological polar surface area (TPSA) is 32.3 Å². The molecule has 2 aromatic rings. The quantitative estimate of drug-likeness (QED) is 0.875. The summed E-state index contributed by atoms with van der Waals surface area (Å²) in [6, 6.07) is 12.2. The van der Waals surface area contributed by atoms with Crippen molar-refractivity contribution in [3.63, 3.8) is 0 Å². The Morgan fingerprint density at radius 1 is 1.06 bits per heavy atom. The van der Waals surface area contributed by atoms with E-state index >= 15 is 0 Å². The molecule has 0 aliphatic heterocycles. The molecule has 1 aromatic carbocycles. The number of benzene rings is 1. The highest BCUT2D eigenvalue weighted by Crippen LogP contribution is 2.09. The van der Waals surface area contributed by atoms with Crippen molar-refractivity contribution in [3.8, 4) is 0 Å². The largest absolute Gasteiger partial charge is 0.392 e. The van der Waals surface area contributed by atoms with Crippen LogP contribution in [0.3, 0.4) is 0 Å². The standard InChI is InChI=1S/C13H15NOS.ClH/c15-10-12-4-1-3-11(7-12)8-14-9-13-5-2-6-16-13;/h1-7,14-15H,8-10H2;1H. The lowest BCUT2D eigenvalue weighted by molar-refractivity contribution is 0.281. The van der Waals surface area contributed by atoms with Crippen molar-refractivity contribution < 1.29 is 5.11 Å². The second kappa shape index (κ2) is 7.45. The van der Waals surface area contributed by atoms with Gasteiger partial charge in [0.15, 0.2) is 0 Å². The Morgan fingerprint density at radius 2 is 1.88 bits per heavy atom. The predicted molar refractivity (Wildman–Crippen MR) is 74.5 cm³/mol. The molecule has 4 heteroatoms. The first-order valence-corrected chi connectivity index (χ1v) is 6.18. The minimum atomic E-state index is 0. The second-order valence-corrected chi connectivity index (χ2v) is 4.69. The van der Waals surface area contributed by atoms with E-state index in [1.807, 2.05) is 18.2 Å². The molecule has 2 rings (SSSR count). The Labute approximate surface area is 112 Å². The Balaban J connectivity index is 0.00000144. The van der Waals surface area contributed by atoms with Gasteiger partial charge in [-0.1, -0.05) is 30.3 Å². The zero-order valence-electron chi connectivity index (χ0n) is 9.43. The minimum absolute atomic E-state index is 0. The third kappa shape index (κ3) is 4.48. The number of halogens is 1. The average molecular weight is 270 g/mol.